The molecule has 1 amide bonds. The van der Waals surface area contributed by atoms with Gasteiger partial charge in [0.25, 0.3) is 0 Å². The Balaban J connectivity index is 1.47. The van der Waals surface area contributed by atoms with E-state index in [1.54, 1.807) is 16.8 Å². The molecule has 2 aromatic carbocycles. The van der Waals surface area contributed by atoms with Gasteiger partial charge in [-0.25, -0.2) is 4.68 Å². The molecule has 1 fully saturated rings. The molecular formula is C19H16BFN6O3. The molecule has 1 saturated heterocycles. The standard InChI is InChI=1S/C19H16BFN6O3/c21-18-7-15(27-10-16(30-19(27)28)8-22-11-20-29)5-6-17(18)14-3-1-13(2-4-14)9-26-12-23-24-25-26/h1-7,11-12,16H,8-10H2/t16-/m0/s1. The van der Waals surface area contributed by atoms with Gasteiger partial charge in [-0.15, -0.1) is 5.10 Å². The van der Waals surface area contributed by atoms with E-state index in [0.717, 1.165) is 11.7 Å². The van der Waals surface area contributed by atoms with E-state index in [2.05, 4.69) is 20.5 Å². The summed E-state index contributed by atoms with van der Waals surface area (Å²) in [5, 5.41) is 11.0. The van der Waals surface area contributed by atoms with Crippen LogP contribution in [0.25, 0.3) is 11.1 Å². The van der Waals surface area contributed by atoms with Gasteiger partial charge in [-0.3, -0.25) is 0 Å². The van der Waals surface area contributed by atoms with Crippen LogP contribution < -0.4 is 4.90 Å². The molecule has 0 bridgehead atoms. The van der Waals surface area contributed by atoms with E-state index >= 15 is 0 Å². The van der Waals surface area contributed by atoms with Gasteiger partial charge >= 0.3 is 120 Å². The summed E-state index contributed by atoms with van der Waals surface area (Å²) < 4.78 is 31.9. The van der Waals surface area contributed by atoms with Crippen molar-refractivity contribution in [3.63, 3.8) is 0 Å². The minimum atomic E-state index is -0.569. The zero-order valence-corrected chi connectivity index (χ0v) is 15.8. The summed E-state index contributed by atoms with van der Waals surface area (Å²) >= 11 is 0. The number of nitrogens with zero attached hydrogens (tertiary/aromatic N) is 6. The van der Waals surface area contributed by atoms with E-state index in [-0.39, 0.29) is 13.1 Å². The van der Waals surface area contributed by atoms with Crippen LogP contribution in [-0.4, -0.2) is 58.8 Å². The van der Waals surface area contributed by atoms with E-state index in [4.69, 9.17) is 4.74 Å². The predicted molar refractivity (Wildman–Crippen MR) is 106 cm³/mol. The molecule has 0 radical (unpaired) electrons. The topological polar surface area (TPSA) is 103 Å². The number of aliphatic imine (C=N–C) groups is 1. The maximum absolute atomic E-state index is 14.8. The molecule has 4 rings (SSSR count). The van der Waals surface area contributed by atoms with E-state index in [9.17, 15) is 13.9 Å². The van der Waals surface area contributed by atoms with Crippen LogP contribution >= 0.6 is 0 Å². The molecule has 0 unspecified atom stereocenters. The van der Waals surface area contributed by atoms with Gasteiger partial charge < -0.3 is 0 Å². The molecule has 30 heavy (non-hydrogen) atoms. The molecular weight excluding hydrogens is 390 g/mol. The van der Waals surface area contributed by atoms with E-state index in [1.807, 2.05) is 24.3 Å². The number of tetrazole rings is 1. The Bertz CT molecular complexity index is 1070. The Hall–Kier alpha value is -3.76. The van der Waals surface area contributed by atoms with Crippen LogP contribution in [0.15, 0.2) is 53.8 Å². The summed E-state index contributed by atoms with van der Waals surface area (Å²) in [4.78, 5) is 17.3. The first-order chi connectivity index (χ1) is 14.6. The number of cyclic esters (lactones) is 1. The Labute approximate surface area is 171 Å². The maximum atomic E-state index is 14.8. The first-order valence-corrected chi connectivity index (χ1v) is 9.15. The normalized spacial score (nSPS) is 16.1. The molecule has 0 saturated carbocycles. The van der Waals surface area contributed by atoms with Crippen LogP contribution in [0.4, 0.5) is 14.9 Å². The molecule has 0 N–H and O–H groups in total. The van der Waals surface area contributed by atoms with E-state index in [0.29, 0.717) is 30.5 Å². The summed E-state index contributed by atoms with van der Waals surface area (Å²) in [6.07, 6.45) is 1.58. The van der Waals surface area contributed by atoms with Crippen LogP contribution in [0.1, 0.15) is 5.56 Å². The SMILES string of the molecule is O=BC=NC[C@H]1CN(c2ccc(-c3ccc(Cn4cnnn4)cc3)c(F)c2)C(=O)O1. The summed E-state index contributed by atoms with van der Waals surface area (Å²) in [5.74, 6) is -0.448. The number of carbonyl (C=O) groups excluding carboxylic acids is 1. The second-order valence-electron chi connectivity index (χ2n) is 6.64. The molecule has 1 atom stereocenters. The number of anilines is 1. The van der Waals surface area contributed by atoms with E-state index < -0.39 is 18.0 Å². The van der Waals surface area contributed by atoms with Gasteiger partial charge in [-0.2, -0.15) is 0 Å². The fraction of sp³-hybridized carbons (Fsp3) is 0.211. The van der Waals surface area contributed by atoms with Gasteiger partial charge in [-0.1, -0.05) is 12.1 Å². The molecule has 3 aromatic rings. The number of amides is 1. The zero-order valence-electron chi connectivity index (χ0n) is 15.8. The van der Waals surface area contributed by atoms with Gasteiger partial charge in [0.15, 0.2) is 0 Å². The average molecular weight is 406 g/mol. The first-order valence-electron chi connectivity index (χ1n) is 9.15. The summed E-state index contributed by atoms with van der Waals surface area (Å²) in [6, 6.07) is 12.0. The molecule has 0 aliphatic carbocycles. The second-order valence-corrected chi connectivity index (χ2v) is 6.64. The minimum absolute atomic E-state index is 0.179. The van der Waals surface area contributed by atoms with Crippen molar-refractivity contribution >= 4 is 25.0 Å². The third-order valence-electron chi connectivity index (χ3n) is 4.61. The predicted octanol–water partition coefficient (Wildman–Crippen LogP) is 1.93. The van der Waals surface area contributed by atoms with Gasteiger partial charge in [0, 0.05) is 0 Å². The molecule has 2 heterocycles. The van der Waals surface area contributed by atoms with Crippen molar-refractivity contribution in [3.8, 4) is 11.1 Å². The van der Waals surface area contributed by atoms with Crippen molar-refractivity contribution in [2.75, 3.05) is 18.0 Å². The van der Waals surface area contributed by atoms with Crippen molar-refractivity contribution < 1.29 is 18.6 Å². The van der Waals surface area contributed by atoms with Gasteiger partial charge in [0.1, 0.15) is 6.33 Å². The van der Waals surface area contributed by atoms with Crippen molar-refractivity contribution in [1.29, 1.82) is 0 Å². The quantitative estimate of drug-likeness (QED) is 0.439. The zero-order chi connectivity index (χ0) is 20.9. The summed E-state index contributed by atoms with van der Waals surface area (Å²) in [6.45, 7) is 0.933. The number of halogens is 1. The van der Waals surface area contributed by atoms with Crippen molar-refractivity contribution in [2.45, 2.75) is 12.6 Å². The monoisotopic (exact) mass is 406 g/mol. The number of rotatable bonds is 7. The molecule has 1 aromatic heterocycles. The van der Waals surface area contributed by atoms with Crippen molar-refractivity contribution in [3.05, 3.63) is 60.2 Å². The Morgan fingerprint density at radius 2 is 2.10 bits per heavy atom. The number of hydrogen-bond donors (Lipinski definition) is 0. The van der Waals surface area contributed by atoms with Gasteiger partial charge in [-0.05, 0) is 16.0 Å². The van der Waals surface area contributed by atoms with Crippen LogP contribution in [0, 0.1) is 5.82 Å². The van der Waals surface area contributed by atoms with Crippen LogP contribution in [0.5, 0.6) is 0 Å². The average Bonchev–Trinajstić information content (AvgIpc) is 3.38. The number of carbonyl (C=O) groups is 1. The number of aromatic nitrogens is 4. The number of hydrogen-bond acceptors (Lipinski definition) is 7. The van der Waals surface area contributed by atoms with Crippen LogP contribution in [0.3, 0.4) is 0 Å². The van der Waals surface area contributed by atoms with Gasteiger partial charge in [0.2, 0.25) is 0 Å². The van der Waals surface area contributed by atoms with Gasteiger partial charge in [0.05, 0.1) is 6.54 Å². The van der Waals surface area contributed by atoms with Crippen molar-refractivity contribution in [2.24, 2.45) is 4.99 Å². The molecule has 1 aliphatic rings. The molecule has 1 aliphatic heterocycles. The summed E-state index contributed by atoms with van der Waals surface area (Å²) in [7, 11) is 0.557. The Kier molecular flexibility index (Phi) is 5.69. The molecule has 0 spiro atoms. The number of benzene rings is 2. The third-order valence-corrected chi connectivity index (χ3v) is 4.61. The van der Waals surface area contributed by atoms with Crippen LogP contribution in [-0.2, 0) is 16.0 Å². The summed E-state index contributed by atoms with van der Waals surface area (Å²) in [5.41, 5.74) is 2.52. The van der Waals surface area contributed by atoms with Crippen LogP contribution in [0.2, 0.25) is 0 Å². The first kappa shape index (κ1) is 19.6. The Morgan fingerprint density at radius 1 is 1.27 bits per heavy atom. The fourth-order valence-electron chi connectivity index (χ4n) is 3.18. The number of ether oxygens (including phenoxy) is 1. The Morgan fingerprint density at radius 3 is 2.80 bits per heavy atom. The molecule has 150 valence electrons. The fourth-order valence-corrected chi connectivity index (χ4v) is 3.18. The van der Waals surface area contributed by atoms with Crippen molar-refractivity contribution in [1.82, 2.24) is 20.2 Å². The molecule has 9 nitrogen and oxygen atoms in total. The van der Waals surface area contributed by atoms with E-state index in [1.165, 1.54) is 17.3 Å². The third kappa shape index (κ3) is 4.29. The molecule has 11 heteroatoms. The second kappa shape index (κ2) is 8.72.